The second kappa shape index (κ2) is 6.50. The third-order valence-corrected chi connectivity index (χ3v) is 4.64. The molecule has 0 saturated carbocycles. The second-order valence-electron chi connectivity index (χ2n) is 6.22. The number of carbonyl (C=O) groups excluding carboxylic acids is 1. The highest BCUT2D eigenvalue weighted by atomic mass is 35.5. The Hall–Kier alpha value is -2.79. The van der Waals surface area contributed by atoms with E-state index in [2.05, 4.69) is 0 Å². The van der Waals surface area contributed by atoms with Crippen molar-refractivity contribution in [3.8, 4) is 22.7 Å². The molecular weight excluding hydrogens is 352 g/mol. The zero-order valence-corrected chi connectivity index (χ0v) is 15.2. The summed E-state index contributed by atoms with van der Waals surface area (Å²) >= 11 is 5.98. The molecule has 0 N–H and O–H groups in total. The van der Waals surface area contributed by atoms with Crippen LogP contribution in [-0.2, 0) is 9.53 Å². The Morgan fingerprint density at radius 2 is 2.04 bits per heavy atom. The highest BCUT2D eigenvalue weighted by Crippen LogP contribution is 2.38. The summed E-state index contributed by atoms with van der Waals surface area (Å²) in [5.74, 6) is 1.06. The topological polar surface area (TPSA) is 53.4 Å². The summed E-state index contributed by atoms with van der Waals surface area (Å²) in [6.07, 6.45) is 1.56. The summed E-state index contributed by atoms with van der Waals surface area (Å²) in [4.78, 5) is 16.6. The molecule has 132 valence electrons. The van der Waals surface area contributed by atoms with Crippen LogP contribution in [0.4, 0.5) is 0 Å². The first-order valence-electron chi connectivity index (χ1n) is 8.25. The number of carbonyl (C=O) groups is 1. The van der Waals surface area contributed by atoms with Gasteiger partial charge in [-0.15, -0.1) is 0 Å². The van der Waals surface area contributed by atoms with Gasteiger partial charge in [-0.1, -0.05) is 29.8 Å². The molecule has 0 spiro atoms. The van der Waals surface area contributed by atoms with Gasteiger partial charge in [0.15, 0.2) is 11.9 Å². The van der Waals surface area contributed by atoms with Gasteiger partial charge in [-0.3, -0.25) is 9.36 Å². The first-order chi connectivity index (χ1) is 12.5. The number of esters is 1. The fraction of sp³-hybridized carbons (Fsp3) is 0.200. The van der Waals surface area contributed by atoms with Gasteiger partial charge in [-0.05, 0) is 36.8 Å². The van der Waals surface area contributed by atoms with E-state index in [0.29, 0.717) is 10.8 Å². The average molecular weight is 369 g/mol. The number of nitrogens with zero attached hydrogens (tertiary/aromatic N) is 2. The lowest BCUT2D eigenvalue weighted by atomic mass is 10.1. The number of halogens is 1. The molecule has 5 nitrogen and oxygen atoms in total. The fourth-order valence-corrected chi connectivity index (χ4v) is 3.19. The minimum absolute atomic E-state index is 0.0981. The number of imidazole rings is 1. The molecule has 0 radical (unpaired) electrons. The van der Waals surface area contributed by atoms with Gasteiger partial charge in [0.25, 0.3) is 0 Å². The van der Waals surface area contributed by atoms with E-state index in [1.54, 1.807) is 0 Å². The van der Waals surface area contributed by atoms with Crippen LogP contribution in [0.15, 0.2) is 48.7 Å². The molecule has 1 aromatic heterocycles. The third kappa shape index (κ3) is 2.95. The predicted molar refractivity (Wildman–Crippen MR) is 98.7 cm³/mol. The summed E-state index contributed by atoms with van der Waals surface area (Å²) in [7, 11) is 1.37. The SMILES string of the molecule is COC(=O)C[C@H]1Oc2ccc(C)cc2-n2cc(-c3ccc(Cl)cc3)nc21. The lowest BCUT2D eigenvalue weighted by molar-refractivity contribution is -0.142. The molecular formula is C20H17ClN2O3. The molecule has 0 amide bonds. The van der Waals surface area contributed by atoms with Crippen molar-refractivity contribution in [1.82, 2.24) is 9.55 Å². The van der Waals surface area contributed by atoms with E-state index >= 15 is 0 Å². The van der Waals surface area contributed by atoms with Crippen molar-refractivity contribution in [3.05, 3.63) is 65.1 Å². The first kappa shape index (κ1) is 16.7. The Kier molecular flexibility index (Phi) is 4.17. The number of ether oxygens (including phenoxy) is 2. The van der Waals surface area contributed by atoms with Crippen molar-refractivity contribution < 1.29 is 14.3 Å². The molecule has 1 atom stereocenters. The smallest absolute Gasteiger partial charge is 0.309 e. The largest absolute Gasteiger partial charge is 0.480 e. The molecule has 1 aliphatic heterocycles. The van der Waals surface area contributed by atoms with Gasteiger partial charge in [-0.25, -0.2) is 4.98 Å². The second-order valence-corrected chi connectivity index (χ2v) is 6.66. The van der Waals surface area contributed by atoms with Gasteiger partial charge in [0, 0.05) is 16.8 Å². The molecule has 0 aliphatic carbocycles. The van der Waals surface area contributed by atoms with Crippen LogP contribution in [0.2, 0.25) is 5.02 Å². The van der Waals surface area contributed by atoms with Crippen molar-refractivity contribution in [2.24, 2.45) is 0 Å². The normalized spacial score (nSPS) is 15.0. The van der Waals surface area contributed by atoms with Gasteiger partial charge in [0.2, 0.25) is 0 Å². The van der Waals surface area contributed by atoms with E-state index in [4.69, 9.17) is 26.1 Å². The van der Waals surface area contributed by atoms with Crippen LogP contribution in [-0.4, -0.2) is 22.6 Å². The van der Waals surface area contributed by atoms with E-state index in [1.165, 1.54) is 7.11 Å². The van der Waals surface area contributed by atoms with Crippen LogP contribution in [0.3, 0.4) is 0 Å². The maximum atomic E-state index is 11.8. The number of hydrogen-bond donors (Lipinski definition) is 0. The lowest BCUT2D eigenvalue weighted by Gasteiger charge is -2.26. The standard InChI is InChI=1S/C20H17ClN2O3/c1-12-3-8-17-16(9-12)23-11-15(13-4-6-14(21)7-5-13)22-20(23)18(26-17)10-19(24)25-2/h3-9,11,18H,10H2,1-2H3/t18-/m1/s1. The monoisotopic (exact) mass is 368 g/mol. The van der Waals surface area contributed by atoms with Gasteiger partial charge in [0.1, 0.15) is 5.75 Å². The Balaban J connectivity index is 1.83. The molecule has 4 rings (SSSR count). The Morgan fingerprint density at radius 3 is 2.77 bits per heavy atom. The molecule has 26 heavy (non-hydrogen) atoms. The van der Waals surface area contributed by atoms with E-state index in [9.17, 15) is 4.79 Å². The van der Waals surface area contributed by atoms with Crippen molar-refractivity contribution in [1.29, 1.82) is 0 Å². The van der Waals surface area contributed by atoms with Crippen molar-refractivity contribution >= 4 is 17.6 Å². The van der Waals surface area contributed by atoms with Crippen molar-refractivity contribution in [3.63, 3.8) is 0 Å². The van der Waals surface area contributed by atoms with Gasteiger partial charge >= 0.3 is 5.97 Å². The van der Waals surface area contributed by atoms with E-state index in [1.807, 2.05) is 60.2 Å². The van der Waals surface area contributed by atoms with E-state index < -0.39 is 6.10 Å². The van der Waals surface area contributed by atoms with Crippen LogP contribution in [0.1, 0.15) is 23.9 Å². The van der Waals surface area contributed by atoms with Crippen LogP contribution in [0, 0.1) is 6.92 Å². The minimum atomic E-state index is -0.501. The number of hydrogen-bond acceptors (Lipinski definition) is 4. The summed E-state index contributed by atoms with van der Waals surface area (Å²) < 4.78 is 12.8. The zero-order chi connectivity index (χ0) is 18.3. The van der Waals surface area contributed by atoms with Crippen LogP contribution in [0.25, 0.3) is 16.9 Å². The quantitative estimate of drug-likeness (QED) is 0.639. The maximum Gasteiger partial charge on any atom is 0.309 e. The molecule has 0 saturated heterocycles. The third-order valence-electron chi connectivity index (χ3n) is 4.38. The number of aryl methyl sites for hydroxylation is 1. The molecule has 1 aliphatic rings. The average Bonchev–Trinajstić information content (AvgIpc) is 3.08. The predicted octanol–water partition coefficient (Wildman–Crippen LogP) is 4.50. The zero-order valence-electron chi connectivity index (χ0n) is 14.4. The number of benzene rings is 2. The van der Waals surface area contributed by atoms with E-state index in [0.717, 1.165) is 28.3 Å². The summed E-state index contributed by atoms with van der Waals surface area (Å²) in [5, 5.41) is 0.672. The van der Waals surface area contributed by atoms with Crippen LogP contribution >= 0.6 is 11.6 Å². The highest BCUT2D eigenvalue weighted by Gasteiger charge is 2.31. The van der Waals surface area contributed by atoms with Gasteiger partial charge in [-0.2, -0.15) is 0 Å². The molecule has 0 unspecified atom stereocenters. The molecule has 3 aromatic rings. The lowest BCUT2D eigenvalue weighted by Crippen LogP contribution is -2.22. The molecule has 2 heterocycles. The molecule has 6 heteroatoms. The Bertz CT molecular complexity index is 979. The van der Waals surface area contributed by atoms with E-state index in [-0.39, 0.29) is 12.4 Å². The summed E-state index contributed by atoms with van der Waals surface area (Å²) in [6, 6.07) is 13.4. The number of methoxy groups -OCH3 is 1. The van der Waals surface area contributed by atoms with Gasteiger partial charge in [0.05, 0.1) is 24.9 Å². The number of rotatable bonds is 3. The summed E-state index contributed by atoms with van der Waals surface area (Å²) in [6.45, 7) is 2.03. The Morgan fingerprint density at radius 1 is 1.27 bits per heavy atom. The number of fused-ring (bicyclic) bond motifs is 3. The van der Waals surface area contributed by atoms with Crippen molar-refractivity contribution in [2.45, 2.75) is 19.4 Å². The summed E-state index contributed by atoms with van der Waals surface area (Å²) in [5.41, 5.74) is 3.77. The van der Waals surface area contributed by atoms with Crippen LogP contribution in [0.5, 0.6) is 5.75 Å². The molecule has 0 fully saturated rings. The van der Waals surface area contributed by atoms with Gasteiger partial charge < -0.3 is 9.47 Å². The minimum Gasteiger partial charge on any atom is -0.480 e. The van der Waals surface area contributed by atoms with Crippen molar-refractivity contribution in [2.75, 3.05) is 7.11 Å². The molecule has 2 aromatic carbocycles. The van der Waals surface area contributed by atoms with Crippen LogP contribution < -0.4 is 4.74 Å². The molecule has 0 bridgehead atoms. The Labute approximate surface area is 156 Å². The maximum absolute atomic E-state index is 11.8. The fourth-order valence-electron chi connectivity index (χ4n) is 3.06. The first-order valence-corrected chi connectivity index (χ1v) is 8.62. The highest BCUT2D eigenvalue weighted by molar-refractivity contribution is 6.30. The number of aromatic nitrogens is 2.